The lowest BCUT2D eigenvalue weighted by Crippen LogP contribution is -2.26. The summed E-state index contributed by atoms with van der Waals surface area (Å²) in [6, 6.07) is 5.58. The Labute approximate surface area is 97.2 Å². The first kappa shape index (κ1) is 10.5. The number of halogens is 1. The van der Waals surface area contributed by atoms with E-state index >= 15 is 0 Å². The molecule has 1 saturated carbocycles. The average molecular weight is 269 g/mol. The van der Waals surface area contributed by atoms with Gasteiger partial charge in [0.05, 0.1) is 5.56 Å². The number of carbonyl (C=O) groups is 1. The summed E-state index contributed by atoms with van der Waals surface area (Å²) in [7, 11) is 0. The number of amides is 1. The molecule has 80 valence electrons. The summed E-state index contributed by atoms with van der Waals surface area (Å²) in [5.41, 5.74) is 6.85. The molecular weight excluding hydrogens is 256 g/mol. The number of nitrogens with two attached hydrogens (primary N) is 1. The Morgan fingerprint density at radius 2 is 2.27 bits per heavy atom. The minimum Gasteiger partial charge on any atom is -0.399 e. The highest BCUT2D eigenvalue weighted by Crippen LogP contribution is 2.30. The summed E-state index contributed by atoms with van der Waals surface area (Å²) in [6.07, 6.45) is 1.08. The lowest BCUT2D eigenvalue weighted by Gasteiger charge is -2.06. The van der Waals surface area contributed by atoms with Crippen LogP contribution < -0.4 is 11.1 Å². The number of carbonyl (C=O) groups excluding carboxylic acids is 1. The summed E-state index contributed by atoms with van der Waals surface area (Å²) in [4.78, 5) is 11.8. The zero-order valence-electron chi connectivity index (χ0n) is 8.46. The smallest absolute Gasteiger partial charge is 0.252 e. The Kier molecular flexibility index (Phi) is 2.69. The van der Waals surface area contributed by atoms with Gasteiger partial charge in [0.25, 0.3) is 5.91 Å². The number of hydrogen-bond donors (Lipinski definition) is 2. The van der Waals surface area contributed by atoms with Gasteiger partial charge in [0.1, 0.15) is 0 Å². The van der Waals surface area contributed by atoms with E-state index in [1.807, 2.05) is 0 Å². The van der Waals surface area contributed by atoms with Gasteiger partial charge in [0.15, 0.2) is 0 Å². The fourth-order valence-corrected chi connectivity index (χ4v) is 1.91. The van der Waals surface area contributed by atoms with Gasteiger partial charge in [0.2, 0.25) is 0 Å². The minimum absolute atomic E-state index is 0.0523. The predicted molar refractivity (Wildman–Crippen MR) is 63.6 cm³/mol. The first-order valence-corrected chi connectivity index (χ1v) is 5.73. The molecule has 0 saturated heterocycles. The number of anilines is 1. The first-order chi connectivity index (χ1) is 7.08. The largest absolute Gasteiger partial charge is 0.399 e. The van der Waals surface area contributed by atoms with Crippen molar-refractivity contribution in [2.24, 2.45) is 5.92 Å². The van der Waals surface area contributed by atoms with Crippen LogP contribution in [0, 0.1) is 5.92 Å². The molecule has 0 aromatic heterocycles. The molecule has 1 aromatic rings. The molecule has 2 unspecified atom stereocenters. The Hall–Kier alpha value is -1.03. The standard InChI is InChI=1S/C11H13BrN2O/c1-6-4-10(6)14-11(15)8-5-7(13)2-3-9(8)12/h2-3,5-6,10H,4,13H2,1H3,(H,14,15). The van der Waals surface area contributed by atoms with Crippen molar-refractivity contribution in [3.05, 3.63) is 28.2 Å². The van der Waals surface area contributed by atoms with Crippen molar-refractivity contribution in [1.29, 1.82) is 0 Å². The van der Waals surface area contributed by atoms with Gasteiger partial charge < -0.3 is 11.1 Å². The van der Waals surface area contributed by atoms with Gasteiger partial charge >= 0.3 is 0 Å². The van der Waals surface area contributed by atoms with E-state index in [1.165, 1.54) is 0 Å². The van der Waals surface area contributed by atoms with E-state index in [2.05, 4.69) is 28.2 Å². The predicted octanol–water partition coefficient (Wildman–Crippen LogP) is 2.17. The maximum absolute atomic E-state index is 11.8. The molecule has 2 rings (SSSR count). The average Bonchev–Trinajstić information content (AvgIpc) is 2.86. The molecule has 2 atom stereocenters. The van der Waals surface area contributed by atoms with Crippen molar-refractivity contribution in [3.63, 3.8) is 0 Å². The molecule has 1 aliphatic rings. The number of benzene rings is 1. The third-order valence-corrected chi connectivity index (χ3v) is 3.35. The summed E-state index contributed by atoms with van der Waals surface area (Å²) < 4.78 is 0.780. The van der Waals surface area contributed by atoms with Crippen molar-refractivity contribution in [3.8, 4) is 0 Å². The molecule has 1 aromatic carbocycles. The fourth-order valence-electron chi connectivity index (χ4n) is 1.49. The second-order valence-corrected chi connectivity index (χ2v) is 4.89. The molecule has 4 heteroatoms. The van der Waals surface area contributed by atoms with E-state index in [4.69, 9.17) is 5.73 Å². The molecule has 1 fully saturated rings. The van der Waals surface area contributed by atoms with Crippen LogP contribution in [0.5, 0.6) is 0 Å². The third-order valence-electron chi connectivity index (χ3n) is 2.66. The molecule has 3 nitrogen and oxygen atoms in total. The quantitative estimate of drug-likeness (QED) is 0.808. The number of nitrogens with one attached hydrogen (secondary N) is 1. The van der Waals surface area contributed by atoms with Crippen LogP contribution in [0.25, 0.3) is 0 Å². The molecule has 3 N–H and O–H groups in total. The maximum Gasteiger partial charge on any atom is 0.252 e. The van der Waals surface area contributed by atoms with Gasteiger partial charge in [-0.25, -0.2) is 0 Å². The summed E-state index contributed by atoms with van der Waals surface area (Å²) in [5.74, 6) is 0.553. The van der Waals surface area contributed by atoms with Crippen molar-refractivity contribution in [2.75, 3.05) is 5.73 Å². The highest BCUT2D eigenvalue weighted by Gasteiger charge is 2.34. The van der Waals surface area contributed by atoms with E-state index in [1.54, 1.807) is 18.2 Å². The van der Waals surface area contributed by atoms with E-state index in [-0.39, 0.29) is 5.91 Å². The van der Waals surface area contributed by atoms with E-state index < -0.39 is 0 Å². The maximum atomic E-state index is 11.8. The molecule has 0 heterocycles. The van der Waals surface area contributed by atoms with Crippen LogP contribution in [0.4, 0.5) is 5.69 Å². The summed E-state index contributed by atoms with van der Waals surface area (Å²) in [6.45, 7) is 2.12. The normalized spacial score (nSPS) is 23.6. The molecule has 15 heavy (non-hydrogen) atoms. The molecule has 0 bridgehead atoms. The fraction of sp³-hybridized carbons (Fsp3) is 0.364. The van der Waals surface area contributed by atoms with Crippen molar-refractivity contribution in [1.82, 2.24) is 5.32 Å². The molecule has 0 radical (unpaired) electrons. The Bertz CT molecular complexity index is 406. The van der Waals surface area contributed by atoms with Crippen LogP contribution in [0.3, 0.4) is 0 Å². The zero-order chi connectivity index (χ0) is 11.0. The van der Waals surface area contributed by atoms with Crippen LogP contribution in [-0.4, -0.2) is 11.9 Å². The van der Waals surface area contributed by atoms with Gasteiger partial charge in [-0.3, -0.25) is 4.79 Å². The molecule has 1 aliphatic carbocycles. The third kappa shape index (κ3) is 2.31. The number of hydrogen-bond acceptors (Lipinski definition) is 2. The van der Waals surface area contributed by atoms with Crippen LogP contribution >= 0.6 is 15.9 Å². The molecule has 0 aliphatic heterocycles. The highest BCUT2D eigenvalue weighted by atomic mass is 79.9. The van der Waals surface area contributed by atoms with Gasteiger partial charge in [0, 0.05) is 16.2 Å². The van der Waals surface area contributed by atoms with Gasteiger partial charge in [-0.15, -0.1) is 0 Å². The Morgan fingerprint density at radius 1 is 1.60 bits per heavy atom. The SMILES string of the molecule is CC1CC1NC(=O)c1cc(N)ccc1Br. The van der Waals surface area contributed by atoms with E-state index in [0.29, 0.717) is 23.2 Å². The van der Waals surface area contributed by atoms with E-state index in [9.17, 15) is 4.79 Å². The van der Waals surface area contributed by atoms with Gasteiger partial charge in [-0.05, 0) is 46.5 Å². The summed E-state index contributed by atoms with van der Waals surface area (Å²) in [5, 5.41) is 2.96. The lowest BCUT2D eigenvalue weighted by molar-refractivity contribution is 0.0948. The second kappa shape index (κ2) is 3.85. The number of nitrogen functional groups attached to an aromatic ring is 1. The summed E-state index contributed by atoms with van der Waals surface area (Å²) >= 11 is 3.34. The number of rotatable bonds is 2. The highest BCUT2D eigenvalue weighted by molar-refractivity contribution is 9.10. The topological polar surface area (TPSA) is 55.1 Å². The van der Waals surface area contributed by atoms with Gasteiger partial charge in [-0.1, -0.05) is 6.92 Å². The first-order valence-electron chi connectivity index (χ1n) is 4.94. The van der Waals surface area contributed by atoms with Crippen LogP contribution in [-0.2, 0) is 0 Å². The lowest BCUT2D eigenvalue weighted by atomic mass is 10.2. The van der Waals surface area contributed by atoms with E-state index in [0.717, 1.165) is 10.9 Å². The van der Waals surface area contributed by atoms with Gasteiger partial charge in [-0.2, -0.15) is 0 Å². The van der Waals surface area contributed by atoms with Crippen molar-refractivity contribution >= 4 is 27.5 Å². The van der Waals surface area contributed by atoms with Crippen molar-refractivity contribution in [2.45, 2.75) is 19.4 Å². The Balaban J connectivity index is 2.14. The van der Waals surface area contributed by atoms with Crippen LogP contribution in [0.2, 0.25) is 0 Å². The Morgan fingerprint density at radius 3 is 2.87 bits per heavy atom. The molecule has 1 amide bonds. The molecular formula is C11H13BrN2O. The van der Waals surface area contributed by atoms with Crippen molar-refractivity contribution < 1.29 is 4.79 Å². The van der Waals surface area contributed by atoms with Crippen LogP contribution in [0.1, 0.15) is 23.7 Å². The minimum atomic E-state index is -0.0523. The second-order valence-electron chi connectivity index (χ2n) is 4.03. The zero-order valence-corrected chi connectivity index (χ0v) is 10.0. The molecule has 0 spiro atoms. The monoisotopic (exact) mass is 268 g/mol. The van der Waals surface area contributed by atoms with Crippen LogP contribution in [0.15, 0.2) is 22.7 Å².